The number of rotatable bonds is 6. The Morgan fingerprint density at radius 2 is 2.06 bits per heavy atom. The van der Waals surface area contributed by atoms with Gasteiger partial charge < -0.3 is 16.8 Å². The third-order valence-electron chi connectivity index (χ3n) is 1.98. The average molecular weight is 261 g/mol. The molecule has 1 amide bonds. The van der Waals surface area contributed by atoms with Crippen LogP contribution in [0, 0.1) is 0 Å². The third-order valence-corrected chi connectivity index (χ3v) is 2.77. The summed E-state index contributed by atoms with van der Waals surface area (Å²) in [6, 6.07) is 5.71. The topological polar surface area (TPSA) is 81.1 Å². The van der Waals surface area contributed by atoms with E-state index in [-0.39, 0.29) is 6.54 Å². The second-order valence-electron chi connectivity index (χ2n) is 3.26. The molecule has 1 rings (SSSR count). The van der Waals surface area contributed by atoms with Gasteiger partial charge in [-0.2, -0.15) is 8.78 Å². The predicted molar refractivity (Wildman–Crippen MR) is 64.0 cm³/mol. The van der Waals surface area contributed by atoms with E-state index in [0.29, 0.717) is 22.3 Å². The highest BCUT2D eigenvalue weighted by Crippen LogP contribution is 2.31. The van der Waals surface area contributed by atoms with Crippen LogP contribution in [0.25, 0.3) is 0 Å². The van der Waals surface area contributed by atoms with Gasteiger partial charge in [0.05, 0.1) is 0 Å². The highest BCUT2D eigenvalue weighted by atomic mass is 32.2. The number of para-hydroxylation sites is 1. The summed E-state index contributed by atoms with van der Waals surface area (Å²) >= 11 is 0.432. The lowest BCUT2D eigenvalue weighted by atomic mass is 10.2. The molecule has 1 aromatic rings. The molecule has 1 aromatic carbocycles. The van der Waals surface area contributed by atoms with Crippen LogP contribution in [0.3, 0.4) is 0 Å². The molecule has 94 valence electrons. The fraction of sp³-hybridized carbons (Fsp3) is 0.300. The van der Waals surface area contributed by atoms with E-state index in [4.69, 9.17) is 11.5 Å². The van der Waals surface area contributed by atoms with Crippen LogP contribution >= 0.6 is 11.8 Å². The van der Waals surface area contributed by atoms with Crippen LogP contribution in [0.15, 0.2) is 29.2 Å². The number of thioether (sulfide) groups is 1. The lowest BCUT2D eigenvalue weighted by molar-refractivity contribution is -0.118. The maximum atomic E-state index is 12.3. The first-order valence-corrected chi connectivity index (χ1v) is 5.71. The third kappa shape index (κ3) is 4.58. The van der Waals surface area contributed by atoms with Crippen LogP contribution in [0.5, 0.6) is 0 Å². The molecule has 0 aliphatic rings. The van der Waals surface area contributed by atoms with E-state index in [0.717, 1.165) is 0 Å². The Kier molecular flexibility index (Phi) is 5.17. The number of carbonyl (C=O) groups excluding carboxylic acids is 1. The zero-order valence-corrected chi connectivity index (χ0v) is 9.71. The molecule has 0 radical (unpaired) electrons. The second-order valence-corrected chi connectivity index (χ2v) is 4.30. The summed E-state index contributed by atoms with van der Waals surface area (Å²) in [5, 5.41) is 2.82. The molecular weight excluding hydrogens is 248 g/mol. The molecule has 4 nitrogen and oxygen atoms in total. The Hall–Kier alpha value is -1.34. The number of alkyl halides is 2. The molecule has 0 saturated heterocycles. The molecule has 0 fully saturated rings. The Morgan fingerprint density at radius 1 is 1.41 bits per heavy atom. The number of anilines is 1. The van der Waals surface area contributed by atoms with Gasteiger partial charge in [-0.1, -0.05) is 23.9 Å². The Bertz CT molecular complexity index is 390. The molecule has 5 N–H and O–H groups in total. The van der Waals surface area contributed by atoms with Gasteiger partial charge in [-0.3, -0.25) is 4.79 Å². The van der Waals surface area contributed by atoms with Crippen LogP contribution in [0.2, 0.25) is 0 Å². The summed E-state index contributed by atoms with van der Waals surface area (Å²) in [4.78, 5) is 11.1. The molecule has 0 spiro atoms. The number of carbonyl (C=O) groups is 1. The van der Waals surface area contributed by atoms with Crippen LogP contribution in [-0.2, 0) is 4.79 Å². The van der Waals surface area contributed by atoms with Crippen molar-refractivity contribution in [2.75, 3.05) is 11.9 Å². The van der Waals surface area contributed by atoms with Crippen LogP contribution < -0.4 is 16.8 Å². The SMILES string of the molecule is NC(=O)C(N)CNc1ccccc1SC(F)F. The van der Waals surface area contributed by atoms with Crippen molar-refractivity contribution in [3.63, 3.8) is 0 Å². The van der Waals surface area contributed by atoms with Gasteiger partial charge in [-0.15, -0.1) is 0 Å². The minimum Gasteiger partial charge on any atom is -0.382 e. The summed E-state index contributed by atoms with van der Waals surface area (Å²) in [5.41, 5.74) is 10.9. The number of nitrogens with two attached hydrogens (primary N) is 2. The number of hydrogen-bond acceptors (Lipinski definition) is 4. The number of hydrogen-bond donors (Lipinski definition) is 3. The average Bonchev–Trinajstić information content (AvgIpc) is 2.26. The smallest absolute Gasteiger partial charge is 0.288 e. The highest BCUT2D eigenvalue weighted by Gasteiger charge is 2.12. The summed E-state index contributed by atoms with van der Waals surface area (Å²) in [6.45, 7) is 0.107. The maximum Gasteiger partial charge on any atom is 0.288 e. The standard InChI is InChI=1S/C10H13F2N3OS/c11-10(12)17-8-4-2-1-3-7(8)15-5-6(13)9(14)16/h1-4,6,10,15H,5,13H2,(H2,14,16). The summed E-state index contributed by atoms with van der Waals surface area (Å²) < 4.78 is 24.5. The zero-order chi connectivity index (χ0) is 12.8. The lowest BCUT2D eigenvalue weighted by Crippen LogP contribution is -2.41. The molecule has 1 unspecified atom stereocenters. The molecule has 7 heteroatoms. The Labute approximate surface area is 102 Å². The van der Waals surface area contributed by atoms with Gasteiger partial charge >= 0.3 is 0 Å². The minimum absolute atomic E-state index is 0.107. The summed E-state index contributed by atoms with van der Waals surface area (Å²) in [5.74, 6) is -3.14. The number of halogens is 2. The largest absolute Gasteiger partial charge is 0.382 e. The number of benzene rings is 1. The van der Waals surface area contributed by atoms with E-state index >= 15 is 0 Å². The van der Waals surface area contributed by atoms with Crippen molar-refractivity contribution in [1.29, 1.82) is 0 Å². The van der Waals surface area contributed by atoms with Crippen molar-refractivity contribution in [2.24, 2.45) is 11.5 Å². The Morgan fingerprint density at radius 3 is 2.65 bits per heavy atom. The summed E-state index contributed by atoms with van der Waals surface area (Å²) in [7, 11) is 0. The molecule has 0 bridgehead atoms. The van der Waals surface area contributed by atoms with Gasteiger partial charge in [0.1, 0.15) is 6.04 Å². The first kappa shape index (κ1) is 13.7. The highest BCUT2D eigenvalue weighted by molar-refractivity contribution is 7.99. The number of primary amides is 1. The van der Waals surface area contributed by atoms with E-state index in [1.54, 1.807) is 24.3 Å². The van der Waals surface area contributed by atoms with Crippen molar-refractivity contribution in [1.82, 2.24) is 0 Å². The fourth-order valence-electron chi connectivity index (χ4n) is 1.13. The molecule has 17 heavy (non-hydrogen) atoms. The predicted octanol–water partition coefficient (Wildman–Crippen LogP) is 1.23. The van der Waals surface area contributed by atoms with Crippen LogP contribution in [0.1, 0.15) is 0 Å². The molecule has 0 aromatic heterocycles. The molecular formula is C10H13F2N3OS. The number of nitrogens with one attached hydrogen (secondary N) is 1. The fourth-order valence-corrected chi connectivity index (χ4v) is 1.75. The maximum absolute atomic E-state index is 12.3. The molecule has 1 atom stereocenters. The van der Waals surface area contributed by atoms with Gasteiger partial charge in [0, 0.05) is 17.1 Å². The first-order chi connectivity index (χ1) is 8.00. The van der Waals surface area contributed by atoms with Crippen LogP contribution in [-0.4, -0.2) is 24.3 Å². The van der Waals surface area contributed by atoms with Gasteiger partial charge in [0.15, 0.2) is 0 Å². The Balaban J connectivity index is 2.66. The van der Waals surface area contributed by atoms with Gasteiger partial charge in [-0.25, -0.2) is 0 Å². The van der Waals surface area contributed by atoms with E-state index < -0.39 is 17.7 Å². The molecule has 0 saturated carbocycles. The zero-order valence-electron chi connectivity index (χ0n) is 8.90. The molecule has 0 aliphatic carbocycles. The molecule has 0 aliphatic heterocycles. The number of amides is 1. The first-order valence-electron chi connectivity index (χ1n) is 4.83. The second kappa shape index (κ2) is 6.41. The van der Waals surface area contributed by atoms with E-state index in [9.17, 15) is 13.6 Å². The van der Waals surface area contributed by atoms with Crippen molar-refractivity contribution in [3.8, 4) is 0 Å². The van der Waals surface area contributed by atoms with E-state index in [1.807, 2.05) is 0 Å². The van der Waals surface area contributed by atoms with Gasteiger partial charge in [-0.05, 0) is 12.1 Å². The summed E-state index contributed by atoms with van der Waals surface area (Å²) in [6.07, 6.45) is 0. The van der Waals surface area contributed by atoms with Crippen LogP contribution in [0.4, 0.5) is 14.5 Å². The van der Waals surface area contributed by atoms with Gasteiger partial charge in [0.2, 0.25) is 5.91 Å². The van der Waals surface area contributed by atoms with Crippen molar-refractivity contribution < 1.29 is 13.6 Å². The van der Waals surface area contributed by atoms with Crippen molar-refractivity contribution >= 4 is 23.4 Å². The lowest BCUT2D eigenvalue weighted by Gasteiger charge is -2.13. The van der Waals surface area contributed by atoms with Crippen molar-refractivity contribution in [3.05, 3.63) is 24.3 Å². The quantitative estimate of drug-likeness (QED) is 0.673. The normalized spacial score (nSPS) is 12.5. The van der Waals surface area contributed by atoms with Crippen molar-refractivity contribution in [2.45, 2.75) is 16.7 Å². The monoisotopic (exact) mass is 261 g/mol. The van der Waals surface area contributed by atoms with E-state index in [2.05, 4.69) is 5.32 Å². The van der Waals surface area contributed by atoms with E-state index in [1.165, 1.54) is 0 Å². The minimum atomic E-state index is -2.50. The molecule has 0 heterocycles. The van der Waals surface area contributed by atoms with Gasteiger partial charge in [0.25, 0.3) is 5.76 Å².